The van der Waals surface area contributed by atoms with Crippen LogP contribution in [0.5, 0.6) is 11.5 Å². The summed E-state index contributed by atoms with van der Waals surface area (Å²) in [6.07, 6.45) is 5.29. The first-order chi connectivity index (χ1) is 9.31. The van der Waals surface area contributed by atoms with Crippen LogP contribution in [0.4, 0.5) is 0 Å². The normalized spacial score (nSPS) is 11.3. The van der Waals surface area contributed by atoms with Crippen molar-refractivity contribution in [1.29, 1.82) is 0 Å². The molecule has 3 nitrogen and oxygen atoms in total. The van der Waals surface area contributed by atoms with Gasteiger partial charge in [-0.05, 0) is 67.8 Å². The fraction of sp³-hybridized carbons (Fsp3) is 0.312. The van der Waals surface area contributed by atoms with Crippen LogP contribution in [-0.4, -0.2) is 16.0 Å². The molecule has 2 N–H and O–H groups in total. The third-order valence-corrected chi connectivity index (χ3v) is 3.43. The Hall–Kier alpha value is -1.55. The van der Waals surface area contributed by atoms with Crippen LogP contribution in [0.3, 0.4) is 0 Å². The minimum atomic E-state index is -0.306. The lowest BCUT2D eigenvalue weighted by Crippen LogP contribution is -1.97. The van der Waals surface area contributed by atoms with Gasteiger partial charge in [-0.15, -0.1) is 0 Å². The molecule has 0 atom stereocenters. The van der Waals surface area contributed by atoms with Crippen LogP contribution in [0.2, 0.25) is 0 Å². The van der Waals surface area contributed by atoms with Crippen molar-refractivity contribution in [2.24, 2.45) is 0 Å². The maximum Gasteiger partial charge on any atom is 0.189 e. The van der Waals surface area contributed by atoms with Gasteiger partial charge in [0, 0.05) is 0 Å². The van der Waals surface area contributed by atoms with Crippen LogP contribution < -0.4 is 0 Å². The van der Waals surface area contributed by atoms with Gasteiger partial charge in [-0.1, -0.05) is 17.2 Å². The summed E-state index contributed by atoms with van der Waals surface area (Å²) in [4.78, 5) is 12.1. The van der Waals surface area contributed by atoms with E-state index in [9.17, 15) is 15.0 Å². The molecule has 0 radical (unpaired) electrons. The number of benzene rings is 1. The second-order valence-electron chi connectivity index (χ2n) is 5.00. The Morgan fingerprint density at radius 3 is 2.45 bits per heavy atom. The van der Waals surface area contributed by atoms with Crippen LogP contribution in [0, 0.1) is 0 Å². The zero-order valence-electron chi connectivity index (χ0n) is 11.9. The van der Waals surface area contributed by atoms with E-state index in [-0.39, 0.29) is 22.8 Å². The molecule has 0 aromatic heterocycles. The molecule has 0 saturated carbocycles. The van der Waals surface area contributed by atoms with E-state index in [1.54, 1.807) is 0 Å². The van der Waals surface area contributed by atoms with Gasteiger partial charge < -0.3 is 10.2 Å². The molecule has 0 aliphatic carbocycles. The SMILES string of the molecule is CC(C)=CCC/C(C)=C/C(=O)c1cc(O)c(Br)cc1O. The predicted octanol–water partition coefficient (Wildman–Crippen LogP) is 4.74. The topological polar surface area (TPSA) is 57.5 Å². The third kappa shape index (κ3) is 4.85. The molecule has 1 rings (SSSR count). The molecule has 0 bridgehead atoms. The Bertz CT molecular complexity index is 567. The molecular weight excluding hydrogens is 320 g/mol. The van der Waals surface area contributed by atoms with E-state index in [1.807, 2.05) is 20.8 Å². The molecule has 4 heteroatoms. The number of phenols is 2. The zero-order chi connectivity index (χ0) is 15.3. The third-order valence-electron chi connectivity index (χ3n) is 2.80. The number of hydrogen-bond acceptors (Lipinski definition) is 3. The largest absolute Gasteiger partial charge is 0.507 e. The second-order valence-corrected chi connectivity index (χ2v) is 5.85. The number of carbonyl (C=O) groups excluding carboxylic acids is 1. The van der Waals surface area contributed by atoms with Gasteiger partial charge in [0.1, 0.15) is 11.5 Å². The first-order valence-electron chi connectivity index (χ1n) is 6.37. The van der Waals surface area contributed by atoms with Gasteiger partial charge in [-0.25, -0.2) is 0 Å². The molecule has 0 aliphatic heterocycles. The minimum Gasteiger partial charge on any atom is -0.507 e. The zero-order valence-corrected chi connectivity index (χ0v) is 13.5. The highest BCUT2D eigenvalue weighted by Gasteiger charge is 2.12. The monoisotopic (exact) mass is 338 g/mol. The summed E-state index contributed by atoms with van der Waals surface area (Å²) in [6.45, 7) is 5.95. The van der Waals surface area contributed by atoms with E-state index in [0.29, 0.717) is 4.47 Å². The molecular formula is C16H19BrO3. The summed E-state index contributed by atoms with van der Waals surface area (Å²) in [7, 11) is 0. The average Bonchev–Trinajstić information content (AvgIpc) is 2.33. The van der Waals surface area contributed by atoms with Gasteiger partial charge >= 0.3 is 0 Å². The molecule has 0 fully saturated rings. The Labute approximate surface area is 127 Å². The van der Waals surface area contributed by atoms with Crippen LogP contribution in [0.15, 0.2) is 39.9 Å². The van der Waals surface area contributed by atoms with Crippen LogP contribution in [0.1, 0.15) is 44.0 Å². The van der Waals surface area contributed by atoms with E-state index in [1.165, 1.54) is 23.8 Å². The van der Waals surface area contributed by atoms with E-state index in [4.69, 9.17) is 0 Å². The van der Waals surface area contributed by atoms with Gasteiger partial charge in [0.15, 0.2) is 5.78 Å². The lowest BCUT2D eigenvalue weighted by atomic mass is 10.0. The van der Waals surface area contributed by atoms with Crippen molar-refractivity contribution in [1.82, 2.24) is 0 Å². The molecule has 108 valence electrons. The Morgan fingerprint density at radius 2 is 1.85 bits per heavy atom. The Kier molecular flexibility index (Phi) is 6.02. The number of carbonyl (C=O) groups is 1. The molecule has 0 saturated heterocycles. The fourth-order valence-electron chi connectivity index (χ4n) is 1.71. The standard InChI is InChI=1S/C16H19BrO3/c1-10(2)5-4-6-11(3)7-14(18)12-8-16(20)13(17)9-15(12)19/h5,7-9,19-20H,4,6H2,1-3H3/b11-7+. The van der Waals surface area contributed by atoms with Crippen molar-refractivity contribution in [3.05, 3.63) is 45.5 Å². The van der Waals surface area contributed by atoms with Crippen LogP contribution in [0.25, 0.3) is 0 Å². The number of halogens is 1. The first-order valence-corrected chi connectivity index (χ1v) is 7.17. The quantitative estimate of drug-likeness (QED) is 0.353. The number of phenolic OH excluding ortho intramolecular Hbond substituents is 2. The smallest absolute Gasteiger partial charge is 0.189 e. The van der Waals surface area contributed by atoms with Crippen LogP contribution in [-0.2, 0) is 0 Å². The highest BCUT2D eigenvalue weighted by molar-refractivity contribution is 9.10. The van der Waals surface area contributed by atoms with Gasteiger partial charge in [-0.3, -0.25) is 4.79 Å². The summed E-state index contributed by atoms with van der Waals surface area (Å²) in [5, 5.41) is 19.3. The van der Waals surface area contributed by atoms with Gasteiger partial charge in [0.05, 0.1) is 10.0 Å². The van der Waals surface area contributed by atoms with Crippen molar-refractivity contribution in [2.45, 2.75) is 33.6 Å². The molecule has 0 spiro atoms. The van der Waals surface area contributed by atoms with E-state index in [2.05, 4.69) is 22.0 Å². The summed E-state index contributed by atoms with van der Waals surface area (Å²) in [5.74, 6) is -0.519. The first kappa shape index (κ1) is 16.5. The number of hydrogen-bond donors (Lipinski definition) is 2. The molecule has 0 unspecified atom stereocenters. The predicted molar refractivity (Wildman–Crippen MR) is 84.2 cm³/mol. The lowest BCUT2D eigenvalue weighted by molar-refractivity contribution is 0.104. The second kappa shape index (κ2) is 7.29. The van der Waals surface area contributed by atoms with Crippen LogP contribution >= 0.6 is 15.9 Å². The highest BCUT2D eigenvalue weighted by Crippen LogP contribution is 2.31. The number of rotatable bonds is 5. The Morgan fingerprint density at radius 1 is 1.20 bits per heavy atom. The number of aromatic hydroxyl groups is 2. The van der Waals surface area contributed by atoms with Crippen molar-refractivity contribution >= 4 is 21.7 Å². The summed E-state index contributed by atoms with van der Waals surface area (Å²) in [5.41, 5.74) is 2.29. The molecule has 1 aromatic rings. The highest BCUT2D eigenvalue weighted by atomic mass is 79.9. The number of ketones is 1. The maximum atomic E-state index is 12.1. The molecule has 0 aliphatic rings. The van der Waals surface area contributed by atoms with E-state index < -0.39 is 0 Å². The maximum absolute atomic E-state index is 12.1. The van der Waals surface area contributed by atoms with Gasteiger partial charge in [0.25, 0.3) is 0 Å². The fourth-order valence-corrected chi connectivity index (χ4v) is 2.04. The van der Waals surface area contributed by atoms with E-state index >= 15 is 0 Å². The molecule has 1 aromatic carbocycles. The van der Waals surface area contributed by atoms with Crippen molar-refractivity contribution in [3.63, 3.8) is 0 Å². The molecule has 0 heterocycles. The lowest BCUT2D eigenvalue weighted by Gasteiger charge is -2.05. The van der Waals surface area contributed by atoms with Crippen molar-refractivity contribution in [2.75, 3.05) is 0 Å². The minimum absolute atomic E-state index is 0.0678. The number of allylic oxidation sites excluding steroid dienone is 4. The van der Waals surface area contributed by atoms with Crippen molar-refractivity contribution in [3.8, 4) is 11.5 Å². The average molecular weight is 339 g/mol. The van der Waals surface area contributed by atoms with Gasteiger partial charge in [-0.2, -0.15) is 0 Å². The summed E-state index contributed by atoms with van der Waals surface area (Å²) in [6, 6.07) is 2.58. The Balaban J connectivity index is 2.85. The summed E-state index contributed by atoms with van der Waals surface area (Å²) >= 11 is 3.08. The summed E-state index contributed by atoms with van der Waals surface area (Å²) < 4.78 is 0.357. The van der Waals surface area contributed by atoms with Crippen molar-refractivity contribution < 1.29 is 15.0 Å². The molecule has 0 amide bonds. The molecule has 20 heavy (non-hydrogen) atoms. The van der Waals surface area contributed by atoms with E-state index in [0.717, 1.165) is 18.4 Å². The van der Waals surface area contributed by atoms with Gasteiger partial charge in [0.2, 0.25) is 0 Å².